The minimum Gasteiger partial charge on any atom is -0.490 e. The van der Waals surface area contributed by atoms with Crippen LogP contribution in [-0.4, -0.2) is 24.7 Å². The van der Waals surface area contributed by atoms with Gasteiger partial charge >= 0.3 is 0 Å². The van der Waals surface area contributed by atoms with Crippen molar-refractivity contribution in [2.75, 3.05) is 4.72 Å². The molecule has 1 aromatic heterocycles. The number of aromatic nitrogens is 2. The molecule has 1 fully saturated rings. The molecular formula is C14H17N3O3S. The van der Waals surface area contributed by atoms with Crippen LogP contribution >= 0.6 is 0 Å². The van der Waals surface area contributed by atoms with Gasteiger partial charge in [0.05, 0.1) is 22.9 Å². The standard InChI is InChI=1S/C14H17N3O3S/c18-21(19,17-11-9-15-16-10-11)14-7-5-13(6-8-14)20-12-3-1-2-4-12/h5-10,12,17H,1-4H2,(H,15,16). The van der Waals surface area contributed by atoms with E-state index >= 15 is 0 Å². The van der Waals surface area contributed by atoms with Gasteiger partial charge in [-0.25, -0.2) is 8.42 Å². The number of rotatable bonds is 5. The Bertz CT molecular complexity index is 675. The van der Waals surface area contributed by atoms with E-state index in [-0.39, 0.29) is 11.0 Å². The van der Waals surface area contributed by atoms with Gasteiger partial charge in [-0.3, -0.25) is 9.82 Å². The molecule has 1 heterocycles. The van der Waals surface area contributed by atoms with Crippen molar-refractivity contribution in [3.8, 4) is 5.75 Å². The van der Waals surface area contributed by atoms with E-state index in [2.05, 4.69) is 14.9 Å². The molecule has 0 unspecified atom stereocenters. The molecule has 1 aromatic carbocycles. The molecule has 7 heteroatoms. The first-order chi connectivity index (χ1) is 10.1. The van der Waals surface area contributed by atoms with Gasteiger partial charge in [0.25, 0.3) is 10.0 Å². The van der Waals surface area contributed by atoms with E-state index in [0.29, 0.717) is 11.4 Å². The Morgan fingerprint density at radius 2 is 1.90 bits per heavy atom. The second kappa shape index (κ2) is 5.77. The number of anilines is 1. The fraction of sp³-hybridized carbons (Fsp3) is 0.357. The fourth-order valence-corrected chi connectivity index (χ4v) is 3.45. The molecule has 6 nitrogen and oxygen atoms in total. The zero-order valence-corrected chi connectivity index (χ0v) is 12.3. The Morgan fingerprint density at radius 3 is 2.52 bits per heavy atom. The van der Waals surface area contributed by atoms with E-state index in [0.717, 1.165) is 12.8 Å². The van der Waals surface area contributed by atoms with Crippen LogP contribution in [0.1, 0.15) is 25.7 Å². The van der Waals surface area contributed by atoms with Gasteiger partial charge < -0.3 is 4.74 Å². The Balaban J connectivity index is 1.70. The maximum atomic E-state index is 12.2. The smallest absolute Gasteiger partial charge is 0.261 e. The van der Waals surface area contributed by atoms with Crippen molar-refractivity contribution in [2.24, 2.45) is 0 Å². The third-order valence-corrected chi connectivity index (χ3v) is 4.89. The fourth-order valence-electron chi connectivity index (χ4n) is 2.42. The zero-order valence-electron chi connectivity index (χ0n) is 11.5. The molecule has 2 N–H and O–H groups in total. The van der Waals surface area contributed by atoms with Crippen molar-refractivity contribution >= 4 is 15.7 Å². The van der Waals surface area contributed by atoms with Gasteiger partial charge in [-0.15, -0.1) is 0 Å². The van der Waals surface area contributed by atoms with Crippen molar-refractivity contribution in [2.45, 2.75) is 36.7 Å². The third kappa shape index (κ3) is 3.36. The predicted octanol–water partition coefficient (Wildman–Crippen LogP) is 2.53. The van der Waals surface area contributed by atoms with Gasteiger partial charge in [-0.1, -0.05) is 0 Å². The predicted molar refractivity (Wildman–Crippen MR) is 78.7 cm³/mol. The summed E-state index contributed by atoms with van der Waals surface area (Å²) in [6.07, 6.45) is 7.70. The summed E-state index contributed by atoms with van der Waals surface area (Å²) in [4.78, 5) is 0.197. The van der Waals surface area contributed by atoms with E-state index < -0.39 is 10.0 Å². The summed E-state index contributed by atoms with van der Waals surface area (Å²) < 4.78 is 32.6. The highest BCUT2D eigenvalue weighted by atomic mass is 32.2. The van der Waals surface area contributed by atoms with Gasteiger partial charge in [0, 0.05) is 6.20 Å². The molecule has 112 valence electrons. The maximum absolute atomic E-state index is 12.2. The van der Waals surface area contributed by atoms with Crippen molar-refractivity contribution in [1.82, 2.24) is 10.2 Å². The molecule has 0 amide bonds. The molecule has 0 aliphatic heterocycles. The first-order valence-corrected chi connectivity index (χ1v) is 8.40. The largest absolute Gasteiger partial charge is 0.490 e. The number of H-pyrrole nitrogens is 1. The summed E-state index contributed by atoms with van der Waals surface area (Å²) in [5, 5.41) is 6.26. The van der Waals surface area contributed by atoms with E-state index in [1.165, 1.54) is 25.2 Å². The molecular weight excluding hydrogens is 290 g/mol. The number of ether oxygens (including phenoxy) is 1. The Kier molecular flexibility index (Phi) is 3.83. The van der Waals surface area contributed by atoms with Crippen molar-refractivity contribution < 1.29 is 13.2 Å². The topological polar surface area (TPSA) is 84.1 Å². The van der Waals surface area contributed by atoms with Crippen molar-refractivity contribution in [3.63, 3.8) is 0 Å². The quantitative estimate of drug-likeness (QED) is 0.889. The van der Waals surface area contributed by atoms with Crippen LogP contribution in [0.5, 0.6) is 5.75 Å². The van der Waals surface area contributed by atoms with E-state index in [1.54, 1.807) is 24.3 Å². The lowest BCUT2D eigenvalue weighted by Gasteiger charge is -2.13. The van der Waals surface area contributed by atoms with Gasteiger partial charge in [-0.05, 0) is 49.9 Å². The Labute approximate surface area is 123 Å². The minimum atomic E-state index is -3.59. The first kappa shape index (κ1) is 13.9. The van der Waals surface area contributed by atoms with Crippen LogP contribution in [-0.2, 0) is 10.0 Å². The molecule has 0 spiro atoms. The molecule has 0 bridgehead atoms. The number of benzene rings is 1. The van der Waals surface area contributed by atoms with Crippen LogP contribution in [0, 0.1) is 0 Å². The SMILES string of the molecule is O=S(=O)(Nc1cn[nH]c1)c1ccc(OC2CCCC2)cc1. The minimum absolute atomic E-state index is 0.197. The van der Waals surface area contributed by atoms with Gasteiger partial charge in [0.2, 0.25) is 0 Å². The van der Waals surface area contributed by atoms with Gasteiger partial charge in [0.1, 0.15) is 5.75 Å². The van der Waals surface area contributed by atoms with E-state index in [9.17, 15) is 8.42 Å². The van der Waals surface area contributed by atoms with E-state index in [4.69, 9.17) is 4.74 Å². The average molecular weight is 307 g/mol. The van der Waals surface area contributed by atoms with Crippen LogP contribution in [0.2, 0.25) is 0 Å². The summed E-state index contributed by atoms with van der Waals surface area (Å²) in [5.74, 6) is 0.712. The van der Waals surface area contributed by atoms with Crippen LogP contribution < -0.4 is 9.46 Å². The second-order valence-electron chi connectivity index (χ2n) is 5.09. The summed E-state index contributed by atoms with van der Waals surface area (Å²) in [7, 11) is -3.59. The molecule has 0 radical (unpaired) electrons. The molecule has 0 saturated heterocycles. The van der Waals surface area contributed by atoms with Gasteiger partial charge in [0.15, 0.2) is 0 Å². The lowest BCUT2D eigenvalue weighted by Crippen LogP contribution is -2.13. The highest BCUT2D eigenvalue weighted by Gasteiger charge is 2.18. The number of hydrogen-bond acceptors (Lipinski definition) is 4. The Morgan fingerprint density at radius 1 is 1.19 bits per heavy atom. The molecule has 0 atom stereocenters. The van der Waals surface area contributed by atoms with E-state index in [1.807, 2.05) is 0 Å². The summed E-state index contributed by atoms with van der Waals surface area (Å²) >= 11 is 0. The average Bonchev–Trinajstić information content (AvgIpc) is 3.13. The van der Waals surface area contributed by atoms with Crippen molar-refractivity contribution in [1.29, 1.82) is 0 Å². The van der Waals surface area contributed by atoms with Crippen LogP contribution in [0.4, 0.5) is 5.69 Å². The highest BCUT2D eigenvalue weighted by molar-refractivity contribution is 7.92. The molecule has 1 saturated carbocycles. The monoisotopic (exact) mass is 307 g/mol. The summed E-state index contributed by atoms with van der Waals surface area (Å²) in [5.41, 5.74) is 0.404. The molecule has 1 aliphatic rings. The highest BCUT2D eigenvalue weighted by Crippen LogP contribution is 2.25. The van der Waals surface area contributed by atoms with Crippen LogP contribution in [0.15, 0.2) is 41.6 Å². The molecule has 3 rings (SSSR count). The summed E-state index contributed by atoms with van der Waals surface area (Å²) in [6.45, 7) is 0. The van der Waals surface area contributed by atoms with Crippen LogP contribution in [0.3, 0.4) is 0 Å². The van der Waals surface area contributed by atoms with Gasteiger partial charge in [-0.2, -0.15) is 5.10 Å². The number of aromatic amines is 1. The second-order valence-corrected chi connectivity index (χ2v) is 6.77. The summed E-state index contributed by atoms with van der Waals surface area (Å²) in [6, 6.07) is 6.49. The molecule has 21 heavy (non-hydrogen) atoms. The number of nitrogens with zero attached hydrogens (tertiary/aromatic N) is 1. The van der Waals surface area contributed by atoms with Crippen LogP contribution in [0.25, 0.3) is 0 Å². The normalized spacial score (nSPS) is 16.0. The molecule has 2 aromatic rings. The first-order valence-electron chi connectivity index (χ1n) is 6.92. The third-order valence-electron chi connectivity index (χ3n) is 3.49. The maximum Gasteiger partial charge on any atom is 0.261 e. The number of hydrogen-bond donors (Lipinski definition) is 2. The lowest BCUT2D eigenvalue weighted by molar-refractivity contribution is 0.210. The number of sulfonamides is 1. The lowest BCUT2D eigenvalue weighted by atomic mass is 10.3. The zero-order chi connectivity index (χ0) is 14.7. The van der Waals surface area contributed by atoms with Crippen molar-refractivity contribution in [3.05, 3.63) is 36.7 Å². The number of nitrogens with one attached hydrogen (secondary N) is 2. The molecule has 1 aliphatic carbocycles. The Hall–Kier alpha value is -2.02.